The van der Waals surface area contributed by atoms with Gasteiger partial charge in [0.05, 0.1) is 46.5 Å². The van der Waals surface area contributed by atoms with E-state index in [-0.39, 0.29) is 0 Å². The molecule has 0 amide bonds. The molecule has 0 atom stereocenters. The second-order valence-corrected chi connectivity index (χ2v) is 14.0. The highest BCUT2D eigenvalue weighted by atomic mass is 32.1. The predicted molar refractivity (Wildman–Crippen MR) is 215 cm³/mol. The Hall–Kier alpha value is -7.54. The van der Waals surface area contributed by atoms with Crippen molar-refractivity contribution in [1.29, 1.82) is 21.0 Å². The molecular formula is C48H24N4S. The van der Waals surface area contributed by atoms with Gasteiger partial charge < -0.3 is 0 Å². The Balaban J connectivity index is 1.30. The van der Waals surface area contributed by atoms with Gasteiger partial charge in [-0.15, -0.1) is 11.3 Å². The Morgan fingerprint density at radius 3 is 1.02 bits per heavy atom. The number of fused-ring (bicyclic) bond motifs is 5. The van der Waals surface area contributed by atoms with Gasteiger partial charge in [-0.2, -0.15) is 21.0 Å². The second kappa shape index (κ2) is 12.7. The Labute approximate surface area is 309 Å². The van der Waals surface area contributed by atoms with Crippen LogP contribution < -0.4 is 0 Å². The lowest BCUT2D eigenvalue weighted by Gasteiger charge is -2.14. The van der Waals surface area contributed by atoms with Gasteiger partial charge in [0.15, 0.2) is 0 Å². The Morgan fingerprint density at radius 1 is 0.340 bits per heavy atom. The van der Waals surface area contributed by atoms with Crippen molar-refractivity contribution < 1.29 is 0 Å². The molecule has 4 nitrogen and oxygen atoms in total. The predicted octanol–water partition coefficient (Wildman–Crippen LogP) is 12.5. The number of hydrogen-bond donors (Lipinski definition) is 0. The van der Waals surface area contributed by atoms with Gasteiger partial charge in [-0.1, -0.05) is 109 Å². The number of nitriles is 4. The molecule has 53 heavy (non-hydrogen) atoms. The molecule has 0 N–H and O–H groups in total. The molecule has 0 fully saturated rings. The molecule has 0 unspecified atom stereocenters. The minimum atomic E-state index is 0.451. The van der Waals surface area contributed by atoms with E-state index in [4.69, 9.17) is 0 Å². The summed E-state index contributed by atoms with van der Waals surface area (Å²) in [4.78, 5) is 0. The highest BCUT2D eigenvalue weighted by Gasteiger charge is 2.19. The van der Waals surface area contributed by atoms with E-state index in [0.29, 0.717) is 22.3 Å². The lowest BCUT2D eigenvalue weighted by molar-refractivity contribution is 1.45. The van der Waals surface area contributed by atoms with Gasteiger partial charge in [0.25, 0.3) is 0 Å². The Kier molecular flexibility index (Phi) is 7.51. The fraction of sp³-hybridized carbons (Fsp3) is 0. The molecule has 8 aromatic carbocycles. The van der Waals surface area contributed by atoms with Crippen LogP contribution in [0.1, 0.15) is 22.3 Å². The molecule has 0 radical (unpaired) electrons. The fourth-order valence-electron chi connectivity index (χ4n) is 7.68. The average Bonchev–Trinajstić information content (AvgIpc) is 3.61. The van der Waals surface area contributed by atoms with Gasteiger partial charge in [-0.05, 0) is 91.3 Å². The van der Waals surface area contributed by atoms with Crippen molar-refractivity contribution in [2.45, 2.75) is 0 Å². The van der Waals surface area contributed by atoms with Crippen LogP contribution in [0.5, 0.6) is 0 Å². The SMILES string of the molecule is N#Cc1cc(C#N)cc(-c2cccc3cccc(-c4cccc5c4sc4c(-c6cccc7cccc(-c8cc(C#N)cc(C#N)c8)c67)cccc45)c23)c1. The lowest BCUT2D eigenvalue weighted by Crippen LogP contribution is -1.89. The first-order valence-electron chi connectivity index (χ1n) is 17.0. The number of rotatable bonds is 4. The van der Waals surface area contributed by atoms with Crippen LogP contribution in [0.15, 0.2) is 146 Å². The molecule has 242 valence electrons. The van der Waals surface area contributed by atoms with E-state index in [1.54, 1.807) is 23.5 Å². The molecule has 0 bridgehead atoms. The Bertz CT molecular complexity index is 2890. The molecule has 0 saturated carbocycles. The summed E-state index contributed by atoms with van der Waals surface area (Å²) in [6.07, 6.45) is 0. The van der Waals surface area contributed by atoms with E-state index in [1.807, 2.05) is 36.4 Å². The molecule has 1 heterocycles. The normalized spacial score (nSPS) is 10.9. The summed E-state index contributed by atoms with van der Waals surface area (Å²) in [5.41, 5.74) is 9.78. The largest absolute Gasteiger partial charge is 0.192 e. The molecule has 0 aliphatic heterocycles. The first-order valence-corrected chi connectivity index (χ1v) is 17.8. The third kappa shape index (κ3) is 5.17. The van der Waals surface area contributed by atoms with Crippen LogP contribution in [-0.2, 0) is 0 Å². The van der Waals surface area contributed by atoms with Crippen molar-refractivity contribution in [3.8, 4) is 68.8 Å². The van der Waals surface area contributed by atoms with Crippen molar-refractivity contribution >= 4 is 53.1 Å². The number of benzene rings is 8. The Morgan fingerprint density at radius 2 is 0.660 bits per heavy atom. The van der Waals surface area contributed by atoms with Gasteiger partial charge >= 0.3 is 0 Å². The van der Waals surface area contributed by atoms with E-state index in [1.165, 1.54) is 9.40 Å². The van der Waals surface area contributed by atoms with Gasteiger partial charge in [-0.25, -0.2) is 0 Å². The van der Waals surface area contributed by atoms with Gasteiger partial charge in [0.2, 0.25) is 0 Å². The zero-order valence-corrected chi connectivity index (χ0v) is 28.9. The fourth-order valence-corrected chi connectivity index (χ4v) is 9.04. The molecular weight excluding hydrogens is 665 g/mol. The summed E-state index contributed by atoms with van der Waals surface area (Å²) in [5, 5.41) is 45.6. The zero-order chi connectivity index (χ0) is 36.1. The maximum absolute atomic E-state index is 9.76. The summed E-state index contributed by atoms with van der Waals surface area (Å²) in [6, 6.07) is 57.6. The topological polar surface area (TPSA) is 95.2 Å². The number of thiophene rings is 1. The van der Waals surface area contributed by atoms with Crippen molar-refractivity contribution in [1.82, 2.24) is 0 Å². The molecule has 5 heteroatoms. The first kappa shape index (κ1) is 31.4. The molecule has 0 spiro atoms. The second-order valence-electron chi connectivity index (χ2n) is 12.9. The van der Waals surface area contributed by atoms with Gasteiger partial charge in [-0.3, -0.25) is 0 Å². The van der Waals surface area contributed by atoms with Crippen molar-refractivity contribution in [3.05, 3.63) is 168 Å². The van der Waals surface area contributed by atoms with Crippen LogP contribution in [0, 0.1) is 45.3 Å². The van der Waals surface area contributed by atoms with Crippen LogP contribution in [0.2, 0.25) is 0 Å². The third-order valence-electron chi connectivity index (χ3n) is 9.92. The summed E-state index contributed by atoms with van der Waals surface area (Å²) in [7, 11) is 0. The summed E-state index contributed by atoms with van der Waals surface area (Å²) in [5.74, 6) is 0. The highest BCUT2D eigenvalue weighted by molar-refractivity contribution is 7.27. The summed E-state index contributed by atoms with van der Waals surface area (Å²) < 4.78 is 2.34. The minimum absolute atomic E-state index is 0.451. The van der Waals surface area contributed by atoms with Crippen molar-refractivity contribution in [3.63, 3.8) is 0 Å². The zero-order valence-electron chi connectivity index (χ0n) is 28.1. The number of hydrogen-bond acceptors (Lipinski definition) is 5. The molecule has 1 aromatic heterocycles. The quantitative estimate of drug-likeness (QED) is 0.184. The molecule has 0 saturated heterocycles. The molecule has 9 rings (SSSR count). The van der Waals surface area contributed by atoms with E-state index in [0.717, 1.165) is 76.8 Å². The van der Waals surface area contributed by atoms with Gasteiger partial charge in [0.1, 0.15) is 0 Å². The van der Waals surface area contributed by atoms with Crippen LogP contribution >= 0.6 is 11.3 Å². The third-order valence-corrected chi connectivity index (χ3v) is 11.2. The molecule has 0 aliphatic carbocycles. The standard InChI is InChI=1S/C48H24N4S/c49-25-29-19-30(26-50)22-35(21-29)37-11-1-7-33-9-3-13-39(45(33)37)41-15-5-17-43-44-18-6-16-42(48(44)53-47(41)43)40-14-4-10-34-8-2-12-38(46(34)40)36-23-31(27-51)20-32(24-36)28-52/h1-24H. The highest BCUT2D eigenvalue weighted by Crippen LogP contribution is 2.48. The lowest BCUT2D eigenvalue weighted by atomic mass is 9.89. The van der Waals surface area contributed by atoms with E-state index in [2.05, 4.69) is 121 Å². The van der Waals surface area contributed by atoms with E-state index in [9.17, 15) is 21.0 Å². The van der Waals surface area contributed by atoms with Gasteiger partial charge in [0, 0.05) is 31.3 Å². The van der Waals surface area contributed by atoms with E-state index < -0.39 is 0 Å². The molecule has 0 aliphatic rings. The maximum atomic E-state index is 9.76. The maximum Gasteiger partial charge on any atom is 0.0992 e. The first-order chi connectivity index (χ1) is 26.1. The van der Waals surface area contributed by atoms with Crippen LogP contribution in [0.3, 0.4) is 0 Å². The number of nitrogens with zero attached hydrogens (tertiary/aromatic N) is 4. The van der Waals surface area contributed by atoms with Crippen LogP contribution in [-0.4, -0.2) is 0 Å². The van der Waals surface area contributed by atoms with Crippen molar-refractivity contribution in [2.75, 3.05) is 0 Å². The average molecular weight is 689 g/mol. The smallest absolute Gasteiger partial charge is 0.0992 e. The van der Waals surface area contributed by atoms with E-state index >= 15 is 0 Å². The van der Waals surface area contributed by atoms with Crippen LogP contribution in [0.25, 0.3) is 86.2 Å². The summed E-state index contributed by atoms with van der Waals surface area (Å²) in [6.45, 7) is 0. The van der Waals surface area contributed by atoms with Crippen LogP contribution in [0.4, 0.5) is 0 Å². The monoisotopic (exact) mass is 688 g/mol. The molecule has 9 aromatic rings. The minimum Gasteiger partial charge on any atom is -0.192 e. The summed E-state index contributed by atoms with van der Waals surface area (Å²) >= 11 is 1.78. The van der Waals surface area contributed by atoms with Crippen molar-refractivity contribution in [2.24, 2.45) is 0 Å².